The quantitative estimate of drug-likeness (QED) is 0.581. The maximum Gasteiger partial charge on any atom is 0.426 e. The molecule has 152 valence electrons. The van der Waals surface area contributed by atoms with Crippen molar-refractivity contribution in [1.82, 2.24) is 9.88 Å². The van der Waals surface area contributed by atoms with Gasteiger partial charge in [-0.15, -0.1) is 0 Å². The lowest BCUT2D eigenvalue weighted by molar-refractivity contribution is 0.485. The molecule has 2 aromatic carbocycles. The highest BCUT2D eigenvalue weighted by molar-refractivity contribution is 6.75. The number of rotatable bonds is 6. The molecule has 0 amide bonds. The van der Waals surface area contributed by atoms with Gasteiger partial charge in [0.1, 0.15) is 11.3 Å². The standard InChI is InChI=1S/C25H28BN3O/c1-28(2)22-13-6-11-20(17-22)26(21-12-7-14-23(18-21)29(3)4)30-24-15-5-9-19-10-8-16-27-25(19)24/h5-6,8-13,15-18H,7,14H2,1-4H3. The van der Waals surface area contributed by atoms with Gasteiger partial charge in [0.15, 0.2) is 0 Å². The van der Waals surface area contributed by atoms with E-state index in [4.69, 9.17) is 4.65 Å². The molecule has 4 nitrogen and oxygen atoms in total. The van der Waals surface area contributed by atoms with E-state index >= 15 is 0 Å². The van der Waals surface area contributed by atoms with E-state index in [9.17, 15) is 0 Å². The maximum atomic E-state index is 6.70. The van der Waals surface area contributed by atoms with Crippen molar-refractivity contribution in [2.24, 2.45) is 0 Å². The second kappa shape index (κ2) is 8.66. The number of para-hydroxylation sites is 1. The largest absolute Gasteiger partial charge is 0.550 e. The fourth-order valence-corrected chi connectivity index (χ4v) is 3.84. The Morgan fingerprint density at radius 1 is 0.933 bits per heavy atom. The van der Waals surface area contributed by atoms with Gasteiger partial charge in [-0.05, 0) is 54.1 Å². The minimum atomic E-state index is -0.201. The number of fused-ring (bicyclic) bond motifs is 1. The first-order valence-corrected chi connectivity index (χ1v) is 10.4. The number of pyridine rings is 1. The van der Waals surface area contributed by atoms with Crippen molar-refractivity contribution in [3.05, 3.63) is 84.1 Å². The van der Waals surface area contributed by atoms with Gasteiger partial charge < -0.3 is 14.5 Å². The van der Waals surface area contributed by atoms with E-state index in [0.717, 1.165) is 40.6 Å². The predicted octanol–water partition coefficient (Wildman–Crippen LogP) is 4.28. The molecule has 0 atom stereocenters. The average molecular weight is 397 g/mol. The highest BCUT2D eigenvalue weighted by Crippen LogP contribution is 2.27. The fraction of sp³-hybridized carbons (Fsp3) is 0.240. The zero-order chi connectivity index (χ0) is 21.1. The molecule has 1 aromatic heterocycles. The molecule has 3 aromatic rings. The summed E-state index contributed by atoms with van der Waals surface area (Å²) in [5.41, 5.74) is 5.69. The van der Waals surface area contributed by atoms with E-state index in [0.29, 0.717) is 0 Å². The predicted molar refractivity (Wildman–Crippen MR) is 128 cm³/mol. The van der Waals surface area contributed by atoms with E-state index in [1.165, 1.54) is 11.2 Å². The first kappa shape index (κ1) is 20.1. The number of benzene rings is 2. The Kier molecular flexibility index (Phi) is 5.80. The van der Waals surface area contributed by atoms with E-state index in [2.05, 4.69) is 91.5 Å². The molecule has 1 aliphatic rings. The van der Waals surface area contributed by atoms with Crippen LogP contribution in [0.4, 0.5) is 5.69 Å². The van der Waals surface area contributed by atoms with Crippen LogP contribution in [0.25, 0.3) is 10.9 Å². The Morgan fingerprint density at radius 2 is 1.73 bits per heavy atom. The highest BCUT2D eigenvalue weighted by Gasteiger charge is 2.28. The minimum absolute atomic E-state index is 0.201. The monoisotopic (exact) mass is 397 g/mol. The van der Waals surface area contributed by atoms with Gasteiger partial charge in [-0.25, -0.2) is 0 Å². The number of allylic oxidation sites excluding steroid dienone is 4. The topological polar surface area (TPSA) is 28.6 Å². The van der Waals surface area contributed by atoms with Gasteiger partial charge in [0.05, 0.1) is 0 Å². The number of aromatic nitrogens is 1. The van der Waals surface area contributed by atoms with Crippen molar-refractivity contribution in [2.75, 3.05) is 33.1 Å². The number of hydrogen-bond donors (Lipinski definition) is 0. The molecule has 0 spiro atoms. The van der Waals surface area contributed by atoms with Crippen molar-refractivity contribution >= 4 is 29.0 Å². The van der Waals surface area contributed by atoms with Gasteiger partial charge in [0.2, 0.25) is 0 Å². The van der Waals surface area contributed by atoms with Crippen molar-refractivity contribution in [1.29, 1.82) is 0 Å². The SMILES string of the molecule is CN(C)C1=CC(B(Oc2cccc3cccnc23)c2cccc(N(C)C)c2)=CCC1. The molecular weight excluding hydrogens is 369 g/mol. The van der Waals surface area contributed by atoms with E-state index in [-0.39, 0.29) is 6.92 Å². The summed E-state index contributed by atoms with van der Waals surface area (Å²) in [4.78, 5) is 8.90. The molecule has 30 heavy (non-hydrogen) atoms. The van der Waals surface area contributed by atoms with Gasteiger partial charge in [-0.3, -0.25) is 4.98 Å². The Labute approximate surface area is 179 Å². The van der Waals surface area contributed by atoms with Gasteiger partial charge in [-0.2, -0.15) is 0 Å². The maximum absolute atomic E-state index is 6.70. The summed E-state index contributed by atoms with van der Waals surface area (Å²) in [7, 11) is 8.33. The van der Waals surface area contributed by atoms with Crippen LogP contribution in [0.3, 0.4) is 0 Å². The average Bonchev–Trinajstić information content (AvgIpc) is 2.77. The summed E-state index contributed by atoms with van der Waals surface area (Å²) in [6.07, 6.45) is 8.46. The summed E-state index contributed by atoms with van der Waals surface area (Å²) >= 11 is 0. The molecule has 0 bridgehead atoms. The highest BCUT2D eigenvalue weighted by atomic mass is 16.4. The molecule has 1 heterocycles. The van der Waals surface area contributed by atoms with Crippen LogP contribution in [0.5, 0.6) is 5.75 Å². The van der Waals surface area contributed by atoms with Gasteiger partial charge in [0, 0.05) is 51.2 Å². The Bertz CT molecular complexity index is 1100. The normalized spacial score (nSPS) is 13.5. The molecule has 0 radical (unpaired) electrons. The molecule has 0 saturated carbocycles. The molecule has 0 unspecified atom stereocenters. The van der Waals surface area contributed by atoms with Crippen molar-refractivity contribution < 1.29 is 4.65 Å². The van der Waals surface area contributed by atoms with Crippen LogP contribution < -0.4 is 15.0 Å². The second-order valence-corrected chi connectivity index (χ2v) is 8.09. The number of hydrogen-bond acceptors (Lipinski definition) is 4. The van der Waals surface area contributed by atoms with Crippen LogP contribution in [-0.4, -0.2) is 45.0 Å². The Morgan fingerprint density at radius 3 is 2.53 bits per heavy atom. The molecule has 0 N–H and O–H groups in total. The Balaban J connectivity index is 1.80. The van der Waals surface area contributed by atoms with Crippen LogP contribution in [0, 0.1) is 0 Å². The van der Waals surface area contributed by atoms with Crippen LogP contribution in [-0.2, 0) is 0 Å². The molecule has 4 rings (SSSR count). The number of anilines is 1. The molecule has 0 fully saturated rings. The van der Waals surface area contributed by atoms with Gasteiger partial charge >= 0.3 is 6.92 Å². The lowest BCUT2D eigenvalue weighted by Crippen LogP contribution is -2.39. The van der Waals surface area contributed by atoms with Crippen LogP contribution in [0.15, 0.2) is 84.1 Å². The summed E-state index contributed by atoms with van der Waals surface area (Å²) in [6.45, 7) is -0.201. The molecule has 0 saturated heterocycles. The molecular formula is C25H28BN3O. The van der Waals surface area contributed by atoms with Crippen molar-refractivity contribution in [3.8, 4) is 5.75 Å². The molecule has 0 aliphatic heterocycles. The summed E-state index contributed by atoms with van der Waals surface area (Å²) < 4.78 is 6.70. The lowest BCUT2D eigenvalue weighted by Gasteiger charge is -2.25. The van der Waals surface area contributed by atoms with E-state index in [1.54, 1.807) is 0 Å². The van der Waals surface area contributed by atoms with E-state index in [1.807, 2.05) is 24.4 Å². The second-order valence-electron chi connectivity index (χ2n) is 8.09. The van der Waals surface area contributed by atoms with Gasteiger partial charge in [-0.1, -0.05) is 36.4 Å². The zero-order valence-corrected chi connectivity index (χ0v) is 18.2. The fourth-order valence-electron chi connectivity index (χ4n) is 3.84. The van der Waals surface area contributed by atoms with Crippen molar-refractivity contribution in [3.63, 3.8) is 0 Å². The van der Waals surface area contributed by atoms with Crippen LogP contribution >= 0.6 is 0 Å². The first-order valence-electron chi connectivity index (χ1n) is 10.4. The third kappa shape index (κ3) is 4.20. The lowest BCUT2D eigenvalue weighted by atomic mass is 9.53. The van der Waals surface area contributed by atoms with E-state index < -0.39 is 0 Å². The number of nitrogens with zero attached hydrogens (tertiary/aromatic N) is 3. The van der Waals surface area contributed by atoms with Crippen LogP contribution in [0.2, 0.25) is 0 Å². The third-order valence-electron chi connectivity index (χ3n) is 5.52. The smallest absolute Gasteiger partial charge is 0.426 e. The minimum Gasteiger partial charge on any atom is -0.550 e. The Hall–Kier alpha value is -3.21. The summed E-state index contributed by atoms with van der Waals surface area (Å²) in [5, 5.41) is 1.08. The molecule has 1 aliphatic carbocycles. The first-order chi connectivity index (χ1) is 14.5. The third-order valence-corrected chi connectivity index (χ3v) is 5.52. The molecule has 5 heteroatoms. The van der Waals surface area contributed by atoms with Crippen LogP contribution in [0.1, 0.15) is 12.8 Å². The van der Waals surface area contributed by atoms with Crippen molar-refractivity contribution in [2.45, 2.75) is 12.8 Å². The summed E-state index contributed by atoms with van der Waals surface area (Å²) in [5.74, 6) is 0.805. The van der Waals surface area contributed by atoms with Gasteiger partial charge in [0.25, 0.3) is 0 Å². The zero-order valence-electron chi connectivity index (χ0n) is 18.2. The summed E-state index contributed by atoms with van der Waals surface area (Å²) in [6, 6.07) is 18.7.